The number of fused-ring (bicyclic) bond motifs is 2. The van der Waals surface area contributed by atoms with Gasteiger partial charge in [-0.25, -0.2) is 15.0 Å². The van der Waals surface area contributed by atoms with Gasteiger partial charge in [-0.05, 0) is 29.3 Å². The first-order valence-corrected chi connectivity index (χ1v) is 8.69. The van der Waals surface area contributed by atoms with E-state index in [1.54, 1.807) is 19.5 Å². The van der Waals surface area contributed by atoms with E-state index in [-0.39, 0.29) is 0 Å². The number of aromatic nitrogens is 5. The minimum Gasteiger partial charge on any atom is -0.467 e. The lowest BCUT2D eigenvalue weighted by atomic mass is 10.0. The van der Waals surface area contributed by atoms with Gasteiger partial charge in [-0.1, -0.05) is 12.1 Å². The normalized spacial score (nSPS) is 11.3. The van der Waals surface area contributed by atoms with E-state index in [0.29, 0.717) is 6.01 Å². The molecule has 0 saturated carbocycles. The standard InChI is InChI=1S/C21H17N5O/c1-27-21-25-11-16(12-26-21)14-8-18-15(10-24-20(18)23-9-14)7-13-3-2-4-19-17(13)5-6-22-19/h2-6,8-12,22H,7H2,1H3,(H,23,24). The molecular weight excluding hydrogens is 338 g/mol. The first-order chi connectivity index (χ1) is 13.3. The maximum absolute atomic E-state index is 5.03. The van der Waals surface area contributed by atoms with Gasteiger partial charge in [0, 0.05) is 64.8 Å². The second kappa shape index (κ2) is 6.25. The van der Waals surface area contributed by atoms with E-state index >= 15 is 0 Å². The Morgan fingerprint density at radius 3 is 2.59 bits per heavy atom. The van der Waals surface area contributed by atoms with Crippen LogP contribution < -0.4 is 4.74 Å². The fourth-order valence-electron chi connectivity index (χ4n) is 3.44. The molecule has 132 valence electrons. The molecule has 0 aliphatic rings. The molecular formula is C21H17N5O. The van der Waals surface area contributed by atoms with Crippen LogP contribution in [0.4, 0.5) is 0 Å². The molecule has 0 saturated heterocycles. The van der Waals surface area contributed by atoms with E-state index in [1.807, 2.05) is 18.6 Å². The Morgan fingerprint density at radius 1 is 0.889 bits per heavy atom. The third-order valence-electron chi connectivity index (χ3n) is 4.83. The van der Waals surface area contributed by atoms with Crippen molar-refractivity contribution in [2.45, 2.75) is 6.42 Å². The van der Waals surface area contributed by atoms with Crippen molar-refractivity contribution in [1.82, 2.24) is 24.9 Å². The van der Waals surface area contributed by atoms with Crippen LogP contribution in [0.25, 0.3) is 33.1 Å². The molecule has 4 aromatic heterocycles. The zero-order chi connectivity index (χ0) is 18.2. The SMILES string of the molecule is COc1ncc(-c2cnc3[nH]cc(Cc4cccc5[nH]ccc45)c3c2)cn1. The zero-order valence-corrected chi connectivity index (χ0v) is 14.7. The van der Waals surface area contributed by atoms with Crippen molar-refractivity contribution < 1.29 is 4.74 Å². The molecule has 0 radical (unpaired) electrons. The Hall–Kier alpha value is -3.67. The van der Waals surface area contributed by atoms with E-state index in [1.165, 1.54) is 16.5 Å². The molecule has 5 aromatic rings. The third-order valence-corrected chi connectivity index (χ3v) is 4.83. The summed E-state index contributed by atoms with van der Waals surface area (Å²) in [4.78, 5) is 19.5. The molecule has 4 heterocycles. The van der Waals surface area contributed by atoms with Gasteiger partial charge in [0.2, 0.25) is 0 Å². The van der Waals surface area contributed by atoms with Crippen LogP contribution in [-0.4, -0.2) is 32.0 Å². The van der Waals surface area contributed by atoms with Crippen molar-refractivity contribution >= 4 is 21.9 Å². The van der Waals surface area contributed by atoms with Crippen molar-refractivity contribution in [2.75, 3.05) is 7.11 Å². The van der Waals surface area contributed by atoms with Gasteiger partial charge in [0.1, 0.15) is 5.65 Å². The lowest BCUT2D eigenvalue weighted by Crippen LogP contribution is -1.92. The highest BCUT2D eigenvalue weighted by Gasteiger charge is 2.10. The number of H-pyrrole nitrogens is 2. The number of nitrogens with one attached hydrogen (secondary N) is 2. The molecule has 0 unspecified atom stereocenters. The second-order valence-electron chi connectivity index (χ2n) is 6.43. The number of rotatable bonds is 4. The average Bonchev–Trinajstić information content (AvgIpc) is 3.35. The summed E-state index contributed by atoms with van der Waals surface area (Å²) in [7, 11) is 1.56. The first-order valence-electron chi connectivity index (χ1n) is 8.69. The van der Waals surface area contributed by atoms with Gasteiger partial charge >= 0.3 is 6.01 Å². The van der Waals surface area contributed by atoms with E-state index in [9.17, 15) is 0 Å². The van der Waals surface area contributed by atoms with Gasteiger partial charge in [0.15, 0.2) is 0 Å². The number of methoxy groups -OCH3 is 1. The Kier molecular flexibility index (Phi) is 3.60. The monoisotopic (exact) mass is 355 g/mol. The quantitative estimate of drug-likeness (QED) is 0.509. The number of pyridine rings is 1. The molecule has 2 N–H and O–H groups in total. The Balaban J connectivity index is 1.56. The summed E-state index contributed by atoms with van der Waals surface area (Å²) in [5.74, 6) is 0. The second-order valence-corrected chi connectivity index (χ2v) is 6.43. The van der Waals surface area contributed by atoms with Crippen molar-refractivity contribution in [3.05, 3.63) is 72.4 Å². The lowest BCUT2D eigenvalue weighted by molar-refractivity contribution is 0.380. The van der Waals surface area contributed by atoms with Gasteiger partial charge in [0.05, 0.1) is 7.11 Å². The minimum atomic E-state index is 0.356. The summed E-state index contributed by atoms with van der Waals surface area (Å²) >= 11 is 0. The highest BCUT2D eigenvalue weighted by atomic mass is 16.5. The van der Waals surface area contributed by atoms with Crippen molar-refractivity contribution in [1.29, 1.82) is 0 Å². The van der Waals surface area contributed by atoms with Crippen LogP contribution in [0.5, 0.6) is 6.01 Å². The highest BCUT2D eigenvalue weighted by Crippen LogP contribution is 2.27. The molecule has 0 amide bonds. The van der Waals surface area contributed by atoms with Gasteiger partial charge < -0.3 is 14.7 Å². The number of aromatic amines is 2. The van der Waals surface area contributed by atoms with Crippen molar-refractivity contribution in [3.8, 4) is 17.1 Å². The Labute approximate surface area is 155 Å². The summed E-state index contributed by atoms with van der Waals surface area (Å²) < 4.78 is 5.03. The van der Waals surface area contributed by atoms with E-state index in [0.717, 1.165) is 34.1 Å². The average molecular weight is 355 g/mol. The van der Waals surface area contributed by atoms with Crippen LogP contribution in [0.1, 0.15) is 11.1 Å². The summed E-state index contributed by atoms with van der Waals surface area (Å²) in [5, 5.41) is 2.36. The van der Waals surface area contributed by atoms with Gasteiger partial charge in [-0.2, -0.15) is 0 Å². The molecule has 0 spiro atoms. The van der Waals surface area contributed by atoms with Gasteiger partial charge in [0.25, 0.3) is 0 Å². The maximum atomic E-state index is 5.03. The summed E-state index contributed by atoms with van der Waals surface area (Å²) in [6.45, 7) is 0. The molecule has 0 fully saturated rings. The first kappa shape index (κ1) is 15.6. The fraction of sp³-hybridized carbons (Fsp3) is 0.0952. The highest BCUT2D eigenvalue weighted by molar-refractivity contribution is 5.87. The van der Waals surface area contributed by atoms with Crippen LogP contribution in [0, 0.1) is 0 Å². The summed E-state index contributed by atoms with van der Waals surface area (Å²) in [6, 6.07) is 11.0. The topological polar surface area (TPSA) is 79.5 Å². The molecule has 0 bridgehead atoms. The molecule has 5 rings (SSSR count). The predicted octanol–water partition coefficient (Wildman–Crippen LogP) is 4.10. The number of hydrogen-bond acceptors (Lipinski definition) is 4. The minimum absolute atomic E-state index is 0.356. The third kappa shape index (κ3) is 2.71. The number of nitrogens with zero attached hydrogens (tertiary/aromatic N) is 3. The summed E-state index contributed by atoms with van der Waals surface area (Å²) in [5.41, 5.74) is 6.41. The molecule has 0 aliphatic carbocycles. The predicted molar refractivity (Wildman–Crippen MR) is 105 cm³/mol. The van der Waals surface area contributed by atoms with Crippen molar-refractivity contribution in [3.63, 3.8) is 0 Å². The molecule has 1 aromatic carbocycles. The molecule has 0 aliphatic heterocycles. The van der Waals surface area contributed by atoms with E-state index in [4.69, 9.17) is 4.74 Å². The van der Waals surface area contributed by atoms with Crippen LogP contribution in [0.15, 0.2) is 61.3 Å². The zero-order valence-electron chi connectivity index (χ0n) is 14.7. The molecule has 6 nitrogen and oxygen atoms in total. The van der Waals surface area contributed by atoms with E-state index in [2.05, 4.69) is 55.3 Å². The van der Waals surface area contributed by atoms with Crippen LogP contribution in [0.3, 0.4) is 0 Å². The molecule has 27 heavy (non-hydrogen) atoms. The number of benzene rings is 1. The van der Waals surface area contributed by atoms with Crippen LogP contribution >= 0.6 is 0 Å². The molecule has 0 atom stereocenters. The number of hydrogen-bond donors (Lipinski definition) is 2. The molecule has 6 heteroatoms. The Bertz CT molecular complexity index is 1240. The van der Waals surface area contributed by atoms with E-state index < -0.39 is 0 Å². The summed E-state index contributed by atoms with van der Waals surface area (Å²) in [6.07, 6.45) is 10.2. The lowest BCUT2D eigenvalue weighted by Gasteiger charge is -2.05. The van der Waals surface area contributed by atoms with Crippen LogP contribution in [-0.2, 0) is 6.42 Å². The number of ether oxygens (including phenoxy) is 1. The van der Waals surface area contributed by atoms with Crippen molar-refractivity contribution in [2.24, 2.45) is 0 Å². The van der Waals surface area contributed by atoms with Crippen LogP contribution in [0.2, 0.25) is 0 Å². The Morgan fingerprint density at radius 2 is 1.74 bits per heavy atom. The van der Waals surface area contributed by atoms with Gasteiger partial charge in [-0.15, -0.1) is 0 Å². The smallest absolute Gasteiger partial charge is 0.316 e. The largest absolute Gasteiger partial charge is 0.467 e. The fourth-order valence-corrected chi connectivity index (χ4v) is 3.44. The van der Waals surface area contributed by atoms with Gasteiger partial charge in [-0.3, -0.25) is 0 Å². The maximum Gasteiger partial charge on any atom is 0.316 e.